The van der Waals surface area contributed by atoms with Crippen molar-refractivity contribution in [3.05, 3.63) is 18.4 Å². The fraction of sp³-hybridized carbons (Fsp3) is 0.500. The summed E-state index contributed by atoms with van der Waals surface area (Å²) in [6.07, 6.45) is 3.00. The molecule has 2 rings (SSSR count). The first-order chi connectivity index (χ1) is 4.81. The minimum atomic E-state index is -0.844. The second-order valence-electron chi connectivity index (χ2n) is 2.47. The van der Waals surface area contributed by atoms with Gasteiger partial charge in [-0.15, -0.1) is 0 Å². The lowest BCUT2D eigenvalue weighted by Crippen LogP contribution is -2.56. The number of aliphatic hydroxyl groups is 1. The highest BCUT2D eigenvalue weighted by Gasteiger charge is 2.40. The maximum atomic E-state index is 9.55. The normalized spacial score (nSPS) is 22.1. The predicted molar refractivity (Wildman–Crippen MR) is 33.3 cm³/mol. The van der Waals surface area contributed by atoms with Gasteiger partial charge in [-0.3, -0.25) is 0 Å². The molecule has 1 aromatic heterocycles. The van der Waals surface area contributed by atoms with E-state index in [0.29, 0.717) is 19.0 Å². The maximum absolute atomic E-state index is 9.55. The summed E-state index contributed by atoms with van der Waals surface area (Å²) in [7, 11) is 0. The second kappa shape index (κ2) is 1.81. The summed E-state index contributed by atoms with van der Waals surface area (Å²) in [5.41, 5.74) is -0.844. The molecule has 0 aromatic carbocycles. The van der Waals surface area contributed by atoms with Gasteiger partial charge in [0, 0.05) is 13.1 Å². The molecule has 0 saturated carbocycles. The van der Waals surface area contributed by atoms with Gasteiger partial charge >= 0.3 is 0 Å². The van der Waals surface area contributed by atoms with Crippen LogP contribution in [-0.4, -0.2) is 23.2 Å². The van der Waals surface area contributed by atoms with Crippen molar-refractivity contribution in [2.24, 2.45) is 0 Å². The van der Waals surface area contributed by atoms with Crippen LogP contribution < -0.4 is 5.32 Å². The van der Waals surface area contributed by atoms with E-state index in [1.807, 2.05) is 0 Å². The SMILES string of the molecule is OC1(c2ncco2)CNC1. The molecule has 2 N–H and O–H groups in total. The van der Waals surface area contributed by atoms with Crippen molar-refractivity contribution in [2.75, 3.05) is 13.1 Å². The molecule has 54 valence electrons. The van der Waals surface area contributed by atoms with Crippen LogP contribution in [0.4, 0.5) is 0 Å². The van der Waals surface area contributed by atoms with Gasteiger partial charge in [0.05, 0.1) is 6.20 Å². The van der Waals surface area contributed by atoms with Gasteiger partial charge in [0.15, 0.2) is 5.60 Å². The Morgan fingerprint density at radius 3 is 2.90 bits per heavy atom. The first-order valence-corrected chi connectivity index (χ1v) is 3.14. The Labute approximate surface area is 57.9 Å². The molecule has 0 aliphatic carbocycles. The smallest absolute Gasteiger partial charge is 0.228 e. The molecule has 4 heteroatoms. The largest absolute Gasteiger partial charge is 0.446 e. The molecular formula is C6H8N2O2. The average molecular weight is 140 g/mol. The zero-order chi connectivity index (χ0) is 7.03. The van der Waals surface area contributed by atoms with Crippen LogP contribution in [0, 0.1) is 0 Å². The second-order valence-corrected chi connectivity index (χ2v) is 2.47. The monoisotopic (exact) mass is 140 g/mol. The van der Waals surface area contributed by atoms with Crippen LogP contribution in [0.1, 0.15) is 5.89 Å². The molecular weight excluding hydrogens is 132 g/mol. The minimum Gasteiger partial charge on any atom is -0.446 e. The van der Waals surface area contributed by atoms with Gasteiger partial charge in [0.25, 0.3) is 0 Å². The topological polar surface area (TPSA) is 58.3 Å². The lowest BCUT2D eigenvalue weighted by atomic mass is 9.98. The standard InChI is InChI=1S/C6H8N2O2/c9-6(3-7-4-6)5-8-1-2-10-5/h1-2,7,9H,3-4H2. The number of nitrogens with one attached hydrogen (secondary N) is 1. The Kier molecular flexibility index (Phi) is 1.06. The van der Waals surface area contributed by atoms with Crippen molar-refractivity contribution in [1.82, 2.24) is 10.3 Å². The van der Waals surface area contributed by atoms with Crippen LogP contribution >= 0.6 is 0 Å². The van der Waals surface area contributed by atoms with Crippen LogP contribution in [0.3, 0.4) is 0 Å². The highest BCUT2D eigenvalue weighted by Crippen LogP contribution is 2.22. The van der Waals surface area contributed by atoms with Crippen molar-refractivity contribution in [3.63, 3.8) is 0 Å². The van der Waals surface area contributed by atoms with Crippen LogP contribution in [0.15, 0.2) is 16.9 Å². The highest BCUT2D eigenvalue weighted by atomic mass is 16.4. The Morgan fingerprint density at radius 2 is 2.50 bits per heavy atom. The fourth-order valence-electron chi connectivity index (χ4n) is 0.966. The van der Waals surface area contributed by atoms with Crippen molar-refractivity contribution < 1.29 is 9.52 Å². The molecule has 0 amide bonds. The molecule has 0 bridgehead atoms. The molecule has 2 heterocycles. The quantitative estimate of drug-likeness (QED) is 0.550. The molecule has 1 aliphatic rings. The van der Waals surface area contributed by atoms with Gasteiger partial charge in [-0.05, 0) is 0 Å². The number of hydrogen-bond donors (Lipinski definition) is 2. The molecule has 10 heavy (non-hydrogen) atoms. The van der Waals surface area contributed by atoms with Crippen molar-refractivity contribution in [3.8, 4) is 0 Å². The van der Waals surface area contributed by atoms with E-state index in [0.717, 1.165) is 0 Å². The summed E-state index contributed by atoms with van der Waals surface area (Å²) in [5, 5.41) is 12.5. The number of hydrogen-bond acceptors (Lipinski definition) is 4. The lowest BCUT2D eigenvalue weighted by molar-refractivity contribution is -0.0379. The van der Waals surface area contributed by atoms with Gasteiger partial charge in [-0.25, -0.2) is 4.98 Å². The first-order valence-electron chi connectivity index (χ1n) is 3.14. The van der Waals surface area contributed by atoms with E-state index in [2.05, 4.69) is 10.3 Å². The summed E-state index contributed by atoms with van der Waals surface area (Å²) in [4.78, 5) is 3.85. The van der Waals surface area contributed by atoms with E-state index in [-0.39, 0.29) is 0 Å². The molecule has 0 atom stereocenters. The van der Waals surface area contributed by atoms with Crippen LogP contribution in [-0.2, 0) is 5.60 Å². The van der Waals surface area contributed by atoms with E-state index >= 15 is 0 Å². The van der Waals surface area contributed by atoms with Gasteiger partial charge < -0.3 is 14.8 Å². The predicted octanol–water partition coefficient (Wildman–Crippen LogP) is -0.535. The molecule has 1 aromatic rings. The number of nitrogens with zero attached hydrogens (tertiary/aromatic N) is 1. The minimum absolute atomic E-state index is 0.409. The molecule has 4 nitrogen and oxygen atoms in total. The third kappa shape index (κ3) is 0.661. The van der Waals surface area contributed by atoms with E-state index < -0.39 is 5.60 Å². The summed E-state index contributed by atoms with van der Waals surface area (Å²) in [6, 6.07) is 0. The van der Waals surface area contributed by atoms with Crippen molar-refractivity contribution >= 4 is 0 Å². The zero-order valence-corrected chi connectivity index (χ0v) is 5.37. The van der Waals surface area contributed by atoms with Crippen LogP contribution in [0.5, 0.6) is 0 Å². The summed E-state index contributed by atoms with van der Waals surface area (Å²) < 4.78 is 4.94. The van der Waals surface area contributed by atoms with Gasteiger partial charge in [0.1, 0.15) is 6.26 Å². The van der Waals surface area contributed by atoms with E-state index in [4.69, 9.17) is 4.42 Å². The molecule has 0 radical (unpaired) electrons. The maximum Gasteiger partial charge on any atom is 0.228 e. The Morgan fingerprint density at radius 1 is 1.70 bits per heavy atom. The summed E-state index contributed by atoms with van der Waals surface area (Å²) in [5.74, 6) is 0.409. The Hall–Kier alpha value is -0.870. The van der Waals surface area contributed by atoms with Crippen LogP contribution in [0.2, 0.25) is 0 Å². The number of rotatable bonds is 1. The molecule has 0 unspecified atom stereocenters. The summed E-state index contributed by atoms with van der Waals surface area (Å²) in [6.45, 7) is 1.07. The average Bonchev–Trinajstić information content (AvgIpc) is 2.33. The third-order valence-electron chi connectivity index (χ3n) is 1.67. The third-order valence-corrected chi connectivity index (χ3v) is 1.67. The zero-order valence-electron chi connectivity index (χ0n) is 5.37. The Bertz CT molecular complexity index is 216. The van der Waals surface area contributed by atoms with Gasteiger partial charge in [-0.2, -0.15) is 0 Å². The number of β-amino-alcohol motifs (C(OH)–C–C–N with tert-alkyl or cyclic N) is 1. The van der Waals surface area contributed by atoms with E-state index in [9.17, 15) is 5.11 Å². The van der Waals surface area contributed by atoms with Gasteiger partial charge in [0.2, 0.25) is 5.89 Å². The van der Waals surface area contributed by atoms with E-state index in [1.165, 1.54) is 12.5 Å². The Balaban J connectivity index is 2.27. The molecule has 0 spiro atoms. The summed E-state index contributed by atoms with van der Waals surface area (Å²) >= 11 is 0. The number of aromatic nitrogens is 1. The van der Waals surface area contributed by atoms with Crippen LogP contribution in [0.25, 0.3) is 0 Å². The fourth-order valence-corrected chi connectivity index (χ4v) is 0.966. The highest BCUT2D eigenvalue weighted by molar-refractivity contribution is 5.05. The van der Waals surface area contributed by atoms with E-state index in [1.54, 1.807) is 0 Å². The van der Waals surface area contributed by atoms with Crippen molar-refractivity contribution in [2.45, 2.75) is 5.60 Å². The molecule has 1 saturated heterocycles. The van der Waals surface area contributed by atoms with Gasteiger partial charge in [-0.1, -0.05) is 0 Å². The van der Waals surface area contributed by atoms with Crippen molar-refractivity contribution in [1.29, 1.82) is 0 Å². The number of oxazole rings is 1. The lowest BCUT2D eigenvalue weighted by Gasteiger charge is -2.34. The molecule has 1 fully saturated rings. The first kappa shape index (κ1) is 5.88. The molecule has 1 aliphatic heterocycles.